The second kappa shape index (κ2) is 7.71. The molecule has 4 rings (SSSR count). The van der Waals surface area contributed by atoms with Crippen LogP contribution in [0, 0.1) is 6.57 Å². The van der Waals surface area contributed by atoms with E-state index in [2.05, 4.69) is 39.3 Å². The molecule has 0 unspecified atom stereocenters. The molecular formula is C21H17N5OS. The van der Waals surface area contributed by atoms with Gasteiger partial charge >= 0.3 is 0 Å². The van der Waals surface area contributed by atoms with E-state index in [4.69, 9.17) is 11.1 Å². The molecule has 0 radical (unpaired) electrons. The normalized spacial score (nSPS) is 11.9. The second-order valence-electron chi connectivity index (χ2n) is 6.35. The summed E-state index contributed by atoms with van der Waals surface area (Å²) in [6.07, 6.45) is 1.70. The molecule has 0 aliphatic carbocycles. The van der Waals surface area contributed by atoms with Gasteiger partial charge in [0.15, 0.2) is 16.6 Å². The molecule has 2 aromatic heterocycles. The average molecular weight is 387 g/mol. The Morgan fingerprint density at radius 2 is 1.93 bits per heavy atom. The molecule has 28 heavy (non-hydrogen) atoms. The molecule has 2 aromatic carbocycles. The monoisotopic (exact) mass is 387 g/mol. The van der Waals surface area contributed by atoms with Crippen molar-refractivity contribution >= 4 is 17.4 Å². The number of rotatable bonds is 5. The van der Waals surface area contributed by atoms with E-state index in [9.17, 15) is 0 Å². The standard InChI is InChI=1S/C21H17N5OS/c1-14(28-21-24-23-13-26(21)3)15-6-4-8-17(10-15)20-12-19(25-27-20)16-7-5-9-18(11-16)22-2/h4-14H,1,3H3/t14-/m0/s1. The quantitative estimate of drug-likeness (QED) is 0.332. The molecular weight excluding hydrogens is 370 g/mol. The largest absolute Gasteiger partial charge is 0.356 e. The van der Waals surface area contributed by atoms with Crippen LogP contribution >= 0.6 is 11.8 Å². The summed E-state index contributed by atoms with van der Waals surface area (Å²) in [7, 11) is 1.94. The number of thioether (sulfide) groups is 1. The summed E-state index contributed by atoms with van der Waals surface area (Å²) in [5.41, 5.74) is 4.29. The van der Waals surface area contributed by atoms with E-state index in [0.717, 1.165) is 16.3 Å². The number of hydrogen-bond donors (Lipinski definition) is 0. The molecule has 0 aliphatic rings. The lowest BCUT2D eigenvalue weighted by molar-refractivity contribution is 0.435. The molecule has 6 nitrogen and oxygen atoms in total. The number of aromatic nitrogens is 4. The molecule has 1 atom stereocenters. The van der Waals surface area contributed by atoms with Gasteiger partial charge in [-0.05, 0) is 30.2 Å². The van der Waals surface area contributed by atoms with Gasteiger partial charge in [-0.15, -0.1) is 10.2 Å². The van der Waals surface area contributed by atoms with Crippen molar-refractivity contribution in [2.24, 2.45) is 7.05 Å². The molecule has 0 fully saturated rings. The zero-order chi connectivity index (χ0) is 19.5. The second-order valence-corrected chi connectivity index (χ2v) is 7.66. The highest BCUT2D eigenvalue weighted by Crippen LogP contribution is 2.35. The summed E-state index contributed by atoms with van der Waals surface area (Å²) in [6, 6.07) is 17.5. The molecule has 0 bridgehead atoms. The first-order valence-electron chi connectivity index (χ1n) is 8.69. The fourth-order valence-electron chi connectivity index (χ4n) is 2.83. The molecule has 138 valence electrons. The van der Waals surface area contributed by atoms with Gasteiger partial charge in [-0.2, -0.15) is 0 Å². The minimum atomic E-state index is 0.209. The highest BCUT2D eigenvalue weighted by molar-refractivity contribution is 7.99. The zero-order valence-corrected chi connectivity index (χ0v) is 16.2. The van der Waals surface area contributed by atoms with Gasteiger partial charge in [0.25, 0.3) is 0 Å². The third-order valence-electron chi connectivity index (χ3n) is 4.37. The summed E-state index contributed by atoms with van der Waals surface area (Å²) >= 11 is 1.65. The molecule has 0 saturated carbocycles. The van der Waals surface area contributed by atoms with Crippen LogP contribution in [0.3, 0.4) is 0 Å². The van der Waals surface area contributed by atoms with Crippen LogP contribution in [0.5, 0.6) is 0 Å². The zero-order valence-electron chi connectivity index (χ0n) is 15.4. The van der Waals surface area contributed by atoms with Crippen LogP contribution in [0.4, 0.5) is 5.69 Å². The van der Waals surface area contributed by atoms with Gasteiger partial charge in [0.05, 0.1) is 6.57 Å². The van der Waals surface area contributed by atoms with Crippen molar-refractivity contribution < 1.29 is 4.52 Å². The van der Waals surface area contributed by atoms with Gasteiger partial charge in [0.1, 0.15) is 12.0 Å². The van der Waals surface area contributed by atoms with Crippen molar-refractivity contribution in [2.45, 2.75) is 17.3 Å². The minimum Gasteiger partial charge on any atom is -0.356 e. The average Bonchev–Trinajstić information content (AvgIpc) is 3.38. The lowest BCUT2D eigenvalue weighted by atomic mass is 10.1. The molecule has 0 amide bonds. The number of benzene rings is 2. The molecule has 7 heteroatoms. The molecule has 0 N–H and O–H groups in total. The van der Waals surface area contributed by atoms with E-state index in [1.165, 1.54) is 5.56 Å². The Morgan fingerprint density at radius 1 is 1.11 bits per heavy atom. The first kappa shape index (κ1) is 18.0. The van der Waals surface area contributed by atoms with Crippen molar-refractivity contribution in [3.8, 4) is 22.6 Å². The van der Waals surface area contributed by atoms with E-state index in [0.29, 0.717) is 17.1 Å². The van der Waals surface area contributed by atoms with E-state index in [1.54, 1.807) is 24.2 Å². The van der Waals surface area contributed by atoms with Crippen molar-refractivity contribution in [3.05, 3.63) is 77.9 Å². The molecule has 0 spiro atoms. The Morgan fingerprint density at radius 3 is 2.71 bits per heavy atom. The van der Waals surface area contributed by atoms with Crippen LogP contribution in [-0.2, 0) is 7.05 Å². The van der Waals surface area contributed by atoms with Crippen LogP contribution in [0.15, 0.2) is 70.6 Å². The topological polar surface area (TPSA) is 61.1 Å². The number of hydrogen-bond acceptors (Lipinski definition) is 5. The summed E-state index contributed by atoms with van der Waals surface area (Å²) in [6.45, 7) is 9.30. The predicted molar refractivity (Wildman–Crippen MR) is 109 cm³/mol. The van der Waals surface area contributed by atoms with Gasteiger partial charge in [-0.3, -0.25) is 0 Å². The van der Waals surface area contributed by atoms with E-state index < -0.39 is 0 Å². The number of aryl methyl sites for hydroxylation is 1. The maximum absolute atomic E-state index is 7.16. The summed E-state index contributed by atoms with van der Waals surface area (Å²) in [5.74, 6) is 0.695. The summed E-state index contributed by atoms with van der Waals surface area (Å²) < 4.78 is 7.49. The highest BCUT2D eigenvalue weighted by atomic mass is 32.2. The number of nitrogens with zero attached hydrogens (tertiary/aromatic N) is 5. The lowest BCUT2D eigenvalue weighted by Gasteiger charge is -2.11. The maximum Gasteiger partial charge on any atom is 0.191 e. The van der Waals surface area contributed by atoms with E-state index in [-0.39, 0.29) is 5.25 Å². The Kier molecular flexibility index (Phi) is 4.96. The van der Waals surface area contributed by atoms with Crippen LogP contribution in [0.1, 0.15) is 17.7 Å². The SMILES string of the molecule is [C-]#[N+]c1cccc(-c2cc(-c3cccc([C@H](C)Sc4nncn4C)c3)on2)c1. The Labute approximate surface area is 167 Å². The Bertz CT molecular complexity index is 1160. The van der Waals surface area contributed by atoms with Gasteiger partial charge in [0, 0.05) is 23.9 Å². The van der Waals surface area contributed by atoms with E-state index in [1.807, 2.05) is 48.0 Å². The molecule has 4 aromatic rings. The smallest absolute Gasteiger partial charge is 0.191 e. The fourth-order valence-corrected chi connectivity index (χ4v) is 3.74. The predicted octanol–water partition coefficient (Wildman–Crippen LogP) is 5.54. The Hall–Kier alpha value is -3.37. The molecule has 0 saturated heterocycles. The molecule has 2 heterocycles. The Balaban J connectivity index is 1.59. The third-order valence-corrected chi connectivity index (χ3v) is 5.58. The van der Waals surface area contributed by atoms with Gasteiger partial charge in [0.2, 0.25) is 0 Å². The maximum atomic E-state index is 7.16. The fraction of sp³-hybridized carbons (Fsp3) is 0.143. The summed E-state index contributed by atoms with van der Waals surface area (Å²) in [5, 5.41) is 13.3. The van der Waals surface area contributed by atoms with Crippen molar-refractivity contribution in [1.29, 1.82) is 0 Å². The third kappa shape index (κ3) is 3.68. The first-order valence-corrected chi connectivity index (χ1v) is 9.57. The van der Waals surface area contributed by atoms with Crippen LogP contribution in [0.2, 0.25) is 0 Å². The first-order chi connectivity index (χ1) is 13.6. The van der Waals surface area contributed by atoms with E-state index >= 15 is 0 Å². The van der Waals surface area contributed by atoms with Crippen molar-refractivity contribution in [1.82, 2.24) is 19.9 Å². The highest BCUT2D eigenvalue weighted by Gasteiger charge is 2.14. The van der Waals surface area contributed by atoms with Crippen molar-refractivity contribution in [3.63, 3.8) is 0 Å². The van der Waals surface area contributed by atoms with Crippen LogP contribution in [0.25, 0.3) is 27.4 Å². The van der Waals surface area contributed by atoms with Gasteiger partial charge < -0.3 is 9.09 Å². The van der Waals surface area contributed by atoms with Gasteiger partial charge in [-0.25, -0.2) is 4.85 Å². The minimum absolute atomic E-state index is 0.209. The van der Waals surface area contributed by atoms with Crippen molar-refractivity contribution in [2.75, 3.05) is 0 Å². The van der Waals surface area contributed by atoms with Crippen LogP contribution in [-0.4, -0.2) is 19.9 Å². The lowest BCUT2D eigenvalue weighted by Crippen LogP contribution is -1.94. The van der Waals surface area contributed by atoms with Gasteiger partial charge in [-0.1, -0.05) is 53.3 Å². The summed E-state index contributed by atoms with van der Waals surface area (Å²) in [4.78, 5) is 3.47. The molecule has 0 aliphatic heterocycles. The van der Waals surface area contributed by atoms with Crippen LogP contribution < -0.4 is 0 Å².